The third-order valence-corrected chi connectivity index (χ3v) is 5.88. The van der Waals surface area contributed by atoms with Crippen LogP contribution >= 0.6 is 23.2 Å². The number of hydrogen-bond acceptors (Lipinski definition) is 4. The van der Waals surface area contributed by atoms with Crippen LogP contribution in [0, 0.1) is 0 Å². The summed E-state index contributed by atoms with van der Waals surface area (Å²) in [5.41, 5.74) is 2.31. The highest BCUT2D eigenvalue weighted by atomic mass is 35.5. The van der Waals surface area contributed by atoms with Crippen molar-refractivity contribution in [3.8, 4) is 0 Å². The number of allylic oxidation sites excluding steroid dienone is 1. The van der Waals surface area contributed by atoms with Gasteiger partial charge in [-0.3, -0.25) is 4.79 Å². The van der Waals surface area contributed by atoms with Crippen molar-refractivity contribution in [1.29, 1.82) is 0 Å². The largest absolute Gasteiger partial charge is 0.383 e. The number of methoxy groups -OCH3 is 1. The number of aromatic nitrogens is 2. The van der Waals surface area contributed by atoms with Gasteiger partial charge in [-0.15, -0.1) is 0 Å². The molecule has 8 heteroatoms. The molecule has 2 atom stereocenters. The third kappa shape index (κ3) is 3.30. The number of fused-ring (bicyclic) bond motifs is 1. The number of carbonyl (C=O) groups excluding carboxylic acids is 1. The molecule has 2 aromatic rings. The van der Waals surface area contributed by atoms with E-state index in [1.807, 2.05) is 36.1 Å². The molecule has 1 amide bonds. The molecule has 1 unspecified atom stereocenters. The van der Waals surface area contributed by atoms with Crippen LogP contribution in [0.4, 0.5) is 5.82 Å². The Labute approximate surface area is 174 Å². The van der Waals surface area contributed by atoms with Crippen LogP contribution in [0.3, 0.4) is 0 Å². The topological polar surface area (TPSA) is 59.4 Å². The number of ether oxygens (including phenoxy) is 1. The van der Waals surface area contributed by atoms with E-state index in [4.69, 9.17) is 27.9 Å². The summed E-state index contributed by atoms with van der Waals surface area (Å²) in [6.45, 7) is 3.16. The Balaban J connectivity index is 1.80. The van der Waals surface area contributed by atoms with Gasteiger partial charge in [-0.25, -0.2) is 4.68 Å². The van der Waals surface area contributed by atoms with E-state index in [0.717, 1.165) is 30.6 Å². The van der Waals surface area contributed by atoms with Crippen molar-refractivity contribution in [2.45, 2.75) is 31.8 Å². The second-order valence-electron chi connectivity index (χ2n) is 7.16. The van der Waals surface area contributed by atoms with Crippen LogP contribution in [0.1, 0.15) is 31.4 Å². The van der Waals surface area contributed by atoms with Crippen molar-refractivity contribution in [2.75, 3.05) is 25.6 Å². The lowest BCUT2D eigenvalue weighted by atomic mass is 9.94. The molecule has 0 spiro atoms. The van der Waals surface area contributed by atoms with Gasteiger partial charge in [-0.2, -0.15) is 5.10 Å². The molecule has 1 aromatic carbocycles. The Morgan fingerprint density at radius 2 is 2.21 bits per heavy atom. The molecule has 6 nitrogen and oxygen atoms in total. The smallest absolute Gasteiger partial charge is 0.254 e. The number of likely N-dealkylation sites (tertiary alicyclic amines) is 1. The van der Waals surface area contributed by atoms with Crippen molar-refractivity contribution in [3.63, 3.8) is 0 Å². The first-order valence-electron chi connectivity index (χ1n) is 9.27. The highest BCUT2D eigenvalue weighted by Gasteiger charge is 2.39. The molecule has 1 aromatic heterocycles. The van der Waals surface area contributed by atoms with E-state index in [2.05, 4.69) is 10.4 Å². The van der Waals surface area contributed by atoms with Crippen molar-refractivity contribution >= 4 is 34.9 Å². The van der Waals surface area contributed by atoms with E-state index in [1.54, 1.807) is 18.0 Å². The van der Waals surface area contributed by atoms with Gasteiger partial charge in [0.15, 0.2) is 0 Å². The van der Waals surface area contributed by atoms with Gasteiger partial charge in [0.05, 0.1) is 24.4 Å². The van der Waals surface area contributed by atoms with Gasteiger partial charge in [-0.05, 0) is 37.5 Å². The molecule has 3 heterocycles. The van der Waals surface area contributed by atoms with Gasteiger partial charge in [-0.1, -0.05) is 35.3 Å². The minimum atomic E-state index is -0.404. The lowest BCUT2D eigenvalue weighted by Gasteiger charge is -2.33. The molecule has 4 rings (SSSR count). The fourth-order valence-electron chi connectivity index (χ4n) is 4.11. The average molecular weight is 421 g/mol. The summed E-state index contributed by atoms with van der Waals surface area (Å²) in [6, 6.07) is 7.20. The second kappa shape index (κ2) is 7.78. The zero-order valence-electron chi connectivity index (χ0n) is 15.8. The van der Waals surface area contributed by atoms with Gasteiger partial charge >= 0.3 is 0 Å². The zero-order valence-corrected chi connectivity index (χ0v) is 17.3. The third-order valence-electron chi connectivity index (χ3n) is 5.37. The SMILES string of the molecule is COC[C@@H]1CCCN1C(=O)C1=C(C)Nc2c(Cl)cnn2C1c1cccc(Cl)c1. The maximum Gasteiger partial charge on any atom is 0.254 e. The molecule has 0 saturated carbocycles. The van der Waals surface area contributed by atoms with Crippen molar-refractivity contribution in [3.05, 3.63) is 57.3 Å². The minimum Gasteiger partial charge on any atom is -0.383 e. The Bertz CT molecular complexity index is 940. The molecule has 28 heavy (non-hydrogen) atoms. The first-order chi connectivity index (χ1) is 13.5. The van der Waals surface area contributed by atoms with E-state index in [1.165, 1.54) is 0 Å². The molecule has 2 aliphatic rings. The predicted octanol–water partition coefficient (Wildman–Crippen LogP) is 4.12. The van der Waals surface area contributed by atoms with Gasteiger partial charge in [0.1, 0.15) is 16.9 Å². The second-order valence-corrected chi connectivity index (χ2v) is 8.00. The van der Waals surface area contributed by atoms with Gasteiger partial charge in [0, 0.05) is 24.4 Å². The standard InChI is InChI=1S/C20H22Cl2N4O2/c1-12-17(20(27)25-8-4-7-15(25)11-28-2)18(13-5-3-6-14(21)9-13)26-19(24-12)16(22)10-23-26/h3,5-6,9-10,15,18,24H,4,7-8,11H2,1-2H3/t15-,18?/m0/s1. The average Bonchev–Trinajstić information content (AvgIpc) is 3.28. The molecule has 0 radical (unpaired) electrons. The van der Waals surface area contributed by atoms with Gasteiger partial charge in [0.2, 0.25) is 0 Å². The van der Waals surface area contributed by atoms with E-state index >= 15 is 0 Å². The number of nitrogens with zero attached hydrogens (tertiary/aromatic N) is 3. The summed E-state index contributed by atoms with van der Waals surface area (Å²) in [5, 5.41) is 8.82. The number of rotatable bonds is 4. The Morgan fingerprint density at radius 1 is 1.39 bits per heavy atom. The van der Waals surface area contributed by atoms with Crippen LogP contribution in [0.15, 0.2) is 41.7 Å². The van der Waals surface area contributed by atoms with Gasteiger partial charge in [0.25, 0.3) is 5.91 Å². The summed E-state index contributed by atoms with van der Waals surface area (Å²) in [7, 11) is 1.67. The Kier molecular flexibility index (Phi) is 5.36. The van der Waals surface area contributed by atoms with E-state index in [9.17, 15) is 4.79 Å². The molecule has 148 valence electrons. The molecule has 1 N–H and O–H groups in total. The predicted molar refractivity (Wildman–Crippen MR) is 110 cm³/mol. The van der Waals surface area contributed by atoms with Crippen LogP contribution in [0.2, 0.25) is 10.0 Å². The number of benzene rings is 1. The van der Waals surface area contributed by atoms with E-state index in [-0.39, 0.29) is 11.9 Å². The summed E-state index contributed by atoms with van der Waals surface area (Å²) in [4.78, 5) is 15.6. The number of halogens is 2. The molecule has 1 saturated heterocycles. The first kappa shape index (κ1) is 19.3. The Morgan fingerprint density at radius 3 is 2.96 bits per heavy atom. The Hall–Kier alpha value is -2.02. The molecule has 0 aliphatic carbocycles. The molecule has 0 bridgehead atoms. The summed E-state index contributed by atoms with van der Waals surface area (Å²) >= 11 is 12.6. The van der Waals surface area contributed by atoms with E-state index < -0.39 is 6.04 Å². The highest BCUT2D eigenvalue weighted by Crippen LogP contribution is 2.40. The van der Waals surface area contributed by atoms with Crippen molar-refractivity contribution in [1.82, 2.24) is 14.7 Å². The molecule has 1 fully saturated rings. The molecular weight excluding hydrogens is 399 g/mol. The summed E-state index contributed by atoms with van der Waals surface area (Å²) in [5.74, 6) is 0.669. The zero-order chi connectivity index (χ0) is 19.8. The molecular formula is C20H22Cl2N4O2. The van der Waals surface area contributed by atoms with Crippen LogP contribution in [0.5, 0.6) is 0 Å². The van der Waals surface area contributed by atoms with Crippen LogP contribution in [-0.4, -0.2) is 46.9 Å². The fourth-order valence-corrected chi connectivity index (χ4v) is 4.49. The number of nitrogens with one attached hydrogen (secondary N) is 1. The van der Waals surface area contributed by atoms with Gasteiger partial charge < -0.3 is 15.0 Å². The minimum absolute atomic E-state index is 0.00759. The summed E-state index contributed by atoms with van der Waals surface area (Å²) < 4.78 is 7.09. The summed E-state index contributed by atoms with van der Waals surface area (Å²) in [6.07, 6.45) is 3.51. The maximum absolute atomic E-state index is 13.6. The van der Waals surface area contributed by atoms with Crippen molar-refractivity contribution < 1.29 is 9.53 Å². The normalized spacial score (nSPS) is 21.6. The number of anilines is 1. The van der Waals surface area contributed by atoms with E-state index in [0.29, 0.717) is 28.0 Å². The quantitative estimate of drug-likeness (QED) is 0.807. The number of carbonyl (C=O) groups is 1. The maximum atomic E-state index is 13.6. The fraction of sp³-hybridized carbons (Fsp3) is 0.400. The highest BCUT2D eigenvalue weighted by molar-refractivity contribution is 6.33. The number of hydrogen-bond donors (Lipinski definition) is 1. The molecule has 2 aliphatic heterocycles. The van der Waals surface area contributed by atoms with Crippen molar-refractivity contribution in [2.24, 2.45) is 0 Å². The number of amides is 1. The van der Waals surface area contributed by atoms with Crippen LogP contribution < -0.4 is 5.32 Å². The van der Waals surface area contributed by atoms with Crippen LogP contribution in [0.25, 0.3) is 0 Å². The first-order valence-corrected chi connectivity index (χ1v) is 10.0. The lowest BCUT2D eigenvalue weighted by Crippen LogP contribution is -2.42. The monoisotopic (exact) mass is 420 g/mol. The van der Waals surface area contributed by atoms with Crippen LogP contribution in [-0.2, 0) is 9.53 Å². The lowest BCUT2D eigenvalue weighted by molar-refractivity contribution is -0.129.